The lowest BCUT2D eigenvalue weighted by Crippen LogP contribution is -2.31. The number of hydrogen-bond acceptors (Lipinski definition) is 5. The first-order valence-electron chi connectivity index (χ1n) is 10.6. The lowest BCUT2D eigenvalue weighted by molar-refractivity contribution is -0.116. The number of nitrogens with zero attached hydrogens (tertiary/aromatic N) is 3. The number of thioether (sulfide) groups is 1. The lowest BCUT2D eigenvalue weighted by Gasteiger charge is -2.18. The van der Waals surface area contributed by atoms with Crippen LogP contribution in [0.25, 0.3) is 16.6 Å². The summed E-state index contributed by atoms with van der Waals surface area (Å²) in [6, 6.07) is 20.5. The summed E-state index contributed by atoms with van der Waals surface area (Å²) in [6.45, 7) is -2.33. The molecule has 1 amide bonds. The van der Waals surface area contributed by atoms with E-state index in [0.717, 1.165) is 29.4 Å². The maximum atomic E-state index is 13.3. The third-order valence-electron chi connectivity index (χ3n) is 5.58. The number of benzene rings is 3. The molecule has 9 heteroatoms. The number of alkyl halides is 2. The van der Waals surface area contributed by atoms with Gasteiger partial charge in [-0.3, -0.25) is 14.2 Å². The Kier molecular flexibility index (Phi) is 6.02. The van der Waals surface area contributed by atoms with Gasteiger partial charge < -0.3 is 9.64 Å². The molecule has 0 N–H and O–H groups in total. The molecule has 0 spiro atoms. The van der Waals surface area contributed by atoms with Crippen LogP contribution in [0.15, 0.2) is 82.7 Å². The maximum Gasteiger partial charge on any atom is 0.387 e. The van der Waals surface area contributed by atoms with E-state index in [9.17, 15) is 18.4 Å². The van der Waals surface area contributed by atoms with Crippen molar-refractivity contribution in [3.63, 3.8) is 0 Å². The summed E-state index contributed by atoms with van der Waals surface area (Å²) >= 11 is 1.16. The molecule has 6 nitrogen and oxygen atoms in total. The Hall–Kier alpha value is -3.72. The van der Waals surface area contributed by atoms with Gasteiger partial charge in [0.25, 0.3) is 5.56 Å². The van der Waals surface area contributed by atoms with E-state index >= 15 is 0 Å². The monoisotopic (exact) mass is 479 g/mol. The van der Waals surface area contributed by atoms with Crippen molar-refractivity contribution in [2.45, 2.75) is 18.2 Å². The summed E-state index contributed by atoms with van der Waals surface area (Å²) < 4.78 is 30.8. The Morgan fingerprint density at radius 2 is 1.76 bits per heavy atom. The van der Waals surface area contributed by atoms with E-state index in [1.54, 1.807) is 29.2 Å². The second kappa shape index (κ2) is 9.26. The Morgan fingerprint density at radius 1 is 1.03 bits per heavy atom. The average Bonchev–Trinajstić information content (AvgIpc) is 3.27. The first kappa shape index (κ1) is 22.1. The summed E-state index contributed by atoms with van der Waals surface area (Å²) in [5, 5.41) is 0.756. The van der Waals surface area contributed by atoms with E-state index in [4.69, 9.17) is 0 Å². The molecule has 0 saturated heterocycles. The Labute approximate surface area is 197 Å². The predicted octanol–water partition coefficient (Wildman–Crippen LogP) is 4.67. The van der Waals surface area contributed by atoms with Crippen molar-refractivity contribution < 1.29 is 18.3 Å². The predicted molar refractivity (Wildman–Crippen MR) is 127 cm³/mol. The number of carbonyl (C=O) groups excluding carboxylic acids is 1. The van der Waals surface area contributed by atoms with Crippen LogP contribution in [0.1, 0.15) is 5.56 Å². The van der Waals surface area contributed by atoms with Gasteiger partial charge in [0.05, 0.1) is 22.3 Å². The van der Waals surface area contributed by atoms with E-state index in [1.165, 1.54) is 28.8 Å². The summed E-state index contributed by atoms with van der Waals surface area (Å²) in [5.74, 6) is -0.00619. The van der Waals surface area contributed by atoms with E-state index in [1.807, 2.05) is 24.3 Å². The number of ether oxygens (including phenoxy) is 1. The van der Waals surface area contributed by atoms with Gasteiger partial charge in [-0.15, -0.1) is 0 Å². The van der Waals surface area contributed by atoms with Crippen LogP contribution >= 0.6 is 11.8 Å². The molecule has 0 radical (unpaired) electrons. The van der Waals surface area contributed by atoms with Crippen LogP contribution < -0.4 is 15.2 Å². The van der Waals surface area contributed by atoms with Crippen molar-refractivity contribution in [3.05, 3.63) is 88.7 Å². The zero-order valence-electron chi connectivity index (χ0n) is 17.9. The highest BCUT2D eigenvalue weighted by Gasteiger charge is 2.25. The average molecular weight is 480 g/mol. The van der Waals surface area contributed by atoms with Gasteiger partial charge in [0.2, 0.25) is 5.91 Å². The standard InChI is InChI=1S/C25H19F2N3O3S/c26-24(27)33-18-11-9-17(10-12-18)30-23(32)19-6-2-3-7-20(19)28-25(30)34-15-22(31)29-14-13-16-5-1-4-8-21(16)29/h1-12,24H,13-15H2. The molecule has 4 aromatic rings. The topological polar surface area (TPSA) is 64.4 Å². The second-order valence-electron chi connectivity index (χ2n) is 7.64. The van der Waals surface area contributed by atoms with Gasteiger partial charge in [0.1, 0.15) is 5.75 Å². The SMILES string of the molecule is O=C(CSc1nc2ccccc2c(=O)n1-c1ccc(OC(F)F)cc1)N1CCc2ccccc21. The minimum atomic E-state index is -2.94. The number of aromatic nitrogens is 2. The number of hydrogen-bond donors (Lipinski definition) is 0. The summed E-state index contributed by atoms with van der Waals surface area (Å²) in [6.07, 6.45) is 0.804. The van der Waals surface area contributed by atoms with Crippen LogP contribution in [0.2, 0.25) is 0 Å². The molecule has 0 atom stereocenters. The maximum absolute atomic E-state index is 13.3. The summed E-state index contributed by atoms with van der Waals surface area (Å²) in [4.78, 5) is 32.7. The molecular weight excluding hydrogens is 460 g/mol. The largest absolute Gasteiger partial charge is 0.435 e. The summed E-state index contributed by atoms with van der Waals surface area (Å²) in [7, 11) is 0. The van der Waals surface area contributed by atoms with Crippen molar-refractivity contribution in [2.75, 3.05) is 17.2 Å². The highest BCUT2D eigenvalue weighted by atomic mass is 32.2. The first-order chi connectivity index (χ1) is 16.5. The molecule has 0 unspecified atom stereocenters. The molecule has 0 aliphatic carbocycles. The number of anilines is 1. The highest BCUT2D eigenvalue weighted by molar-refractivity contribution is 7.99. The number of carbonyl (C=O) groups is 1. The van der Waals surface area contributed by atoms with Gasteiger partial charge in [-0.25, -0.2) is 4.98 Å². The number of amides is 1. The van der Waals surface area contributed by atoms with Gasteiger partial charge in [-0.2, -0.15) is 8.78 Å². The van der Waals surface area contributed by atoms with E-state index < -0.39 is 6.61 Å². The number of fused-ring (bicyclic) bond motifs is 2. The number of para-hydroxylation sites is 2. The van der Waals surface area contributed by atoms with E-state index in [0.29, 0.717) is 28.3 Å². The molecule has 1 aromatic heterocycles. The van der Waals surface area contributed by atoms with Crippen LogP contribution in [-0.2, 0) is 11.2 Å². The molecule has 0 bridgehead atoms. The fraction of sp³-hybridized carbons (Fsp3) is 0.160. The molecule has 1 aliphatic heterocycles. The first-order valence-corrected chi connectivity index (χ1v) is 11.6. The smallest absolute Gasteiger partial charge is 0.387 e. The van der Waals surface area contributed by atoms with Crippen LogP contribution in [0, 0.1) is 0 Å². The quantitative estimate of drug-likeness (QED) is 0.297. The van der Waals surface area contributed by atoms with Gasteiger partial charge in [0, 0.05) is 12.2 Å². The van der Waals surface area contributed by atoms with E-state index in [2.05, 4.69) is 9.72 Å². The zero-order chi connectivity index (χ0) is 23.7. The fourth-order valence-corrected chi connectivity index (χ4v) is 4.90. The van der Waals surface area contributed by atoms with E-state index in [-0.39, 0.29) is 23.0 Å². The van der Waals surface area contributed by atoms with Crippen molar-refractivity contribution in [1.29, 1.82) is 0 Å². The minimum Gasteiger partial charge on any atom is -0.435 e. The van der Waals surface area contributed by atoms with Crippen LogP contribution in [0.5, 0.6) is 5.75 Å². The molecule has 0 fully saturated rings. The van der Waals surface area contributed by atoms with Crippen molar-refractivity contribution in [1.82, 2.24) is 9.55 Å². The molecule has 34 heavy (non-hydrogen) atoms. The molecule has 3 aromatic carbocycles. The van der Waals surface area contributed by atoms with Crippen LogP contribution in [0.3, 0.4) is 0 Å². The third kappa shape index (κ3) is 4.26. The normalized spacial score (nSPS) is 12.9. The highest BCUT2D eigenvalue weighted by Crippen LogP contribution is 2.29. The van der Waals surface area contributed by atoms with Gasteiger partial charge >= 0.3 is 6.61 Å². The third-order valence-corrected chi connectivity index (χ3v) is 6.50. The Bertz CT molecular complexity index is 1420. The van der Waals surface area contributed by atoms with Crippen LogP contribution in [0.4, 0.5) is 14.5 Å². The van der Waals surface area contributed by atoms with Crippen LogP contribution in [-0.4, -0.2) is 34.4 Å². The zero-order valence-corrected chi connectivity index (χ0v) is 18.7. The second-order valence-corrected chi connectivity index (χ2v) is 8.58. The van der Waals surface area contributed by atoms with Crippen molar-refractivity contribution in [2.24, 2.45) is 0 Å². The molecule has 0 saturated carbocycles. The van der Waals surface area contributed by atoms with Gasteiger partial charge in [-0.05, 0) is 54.4 Å². The minimum absolute atomic E-state index is 0.0161. The molecule has 2 heterocycles. The van der Waals surface area contributed by atoms with Crippen molar-refractivity contribution in [3.8, 4) is 11.4 Å². The van der Waals surface area contributed by atoms with Gasteiger partial charge in [-0.1, -0.05) is 42.1 Å². The number of halogens is 2. The summed E-state index contributed by atoms with van der Waals surface area (Å²) in [5.41, 5.74) is 2.68. The Balaban J connectivity index is 1.48. The number of rotatable bonds is 6. The molecule has 172 valence electrons. The van der Waals surface area contributed by atoms with Crippen molar-refractivity contribution >= 4 is 34.3 Å². The lowest BCUT2D eigenvalue weighted by atomic mass is 10.2. The molecule has 1 aliphatic rings. The fourth-order valence-electron chi connectivity index (χ4n) is 4.02. The molecular formula is C25H19F2N3O3S. The van der Waals surface area contributed by atoms with Gasteiger partial charge in [0.15, 0.2) is 5.16 Å². The Morgan fingerprint density at radius 3 is 2.56 bits per heavy atom. The molecule has 5 rings (SSSR count).